The number of hydrogen-bond donors (Lipinski definition) is 1. The van der Waals surface area contributed by atoms with E-state index in [4.69, 9.17) is 5.73 Å². The Morgan fingerprint density at radius 1 is 1.31 bits per heavy atom. The minimum absolute atomic E-state index is 0.645. The lowest BCUT2D eigenvalue weighted by Crippen LogP contribution is -2.11. The molecule has 1 heteroatoms. The SMILES string of the molecule is NC1=CC2CC3CCCC3=CC2=C1. The highest BCUT2D eigenvalue weighted by molar-refractivity contribution is 5.44. The molecule has 0 aromatic carbocycles. The van der Waals surface area contributed by atoms with Crippen LogP contribution in [0.1, 0.15) is 25.7 Å². The highest BCUT2D eigenvalue weighted by Crippen LogP contribution is 2.44. The van der Waals surface area contributed by atoms with Crippen molar-refractivity contribution in [1.82, 2.24) is 0 Å². The lowest BCUT2D eigenvalue weighted by Gasteiger charge is -2.23. The monoisotopic (exact) mass is 173 g/mol. The molecular formula is C12H15N. The van der Waals surface area contributed by atoms with Gasteiger partial charge in [0.15, 0.2) is 0 Å². The van der Waals surface area contributed by atoms with Crippen LogP contribution in [0.5, 0.6) is 0 Å². The largest absolute Gasteiger partial charge is 0.399 e. The molecule has 68 valence electrons. The molecule has 3 rings (SSSR count). The number of rotatable bonds is 0. The Morgan fingerprint density at radius 3 is 3.15 bits per heavy atom. The van der Waals surface area contributed by atoms with E-state index < -0.39 is 0 Å². The van der Waals surface area contributed by atoms with Crippen LogP contribution in [0.3, 0.4) is 0 Å². The molecule has 3 aliphatic rings. The fourth-order valence-corrected chi connectivity index (χ4v) is 2.95. The van der Waals surface area contributed by atoms with Gasteiger partial charge in [-0.05, 0) is 43.3 Å². The summed E-state index contributed by atoms with van der Waals surface area (Å²) in [5.41, 5.74) is 9.92. The molecule has 0 bridgehead atoms. The molecule has 2 atom stereocenters. The Bertz CT molecular complexity index is 333. The van der Waals surface area contributed by atoms with E-state index in [0.29, 0.717) is 5.92 Å². The zero-order valence-electron chi connectivity index (χ0n) is 7.79. The van der Waals surface area contributed by atoms with Crippen molar-refractivity contribution >= 4 is 0 Å². The molecule has 2 N–H and O–H groups in total. The third-order valence-corrected chi connectivity index (χ3v) is 3.59. The Kier molecular flexibility index (Phi) is 1.43. The van der Waals surface area contributed by atoms with E-state index in [-0.39, 0.29) is 0 Å². The zero-order chi connectivity index (χ0) is 8.84. The van der Waals surface area contributed by atoms with Gasteiger partial charge in [-0.3, -0.25) is 0 Å². The van der Waals surface area contributed by atoms with Gasteiger partial charge in [-0.2, -0.15) is 0 Å². The summed E-state index contributed by atoms with van der Waals surface area (Å²) >= 11 is 0. The second-order valence-electron chi connectivity index (χ2n) is 4.46. The van der Waals surface area contributed by atoms with Crippen molar-refractivity contribution in [2.75, 3.05) is 0 Å². The molecule has 0 heterocycles. The Labute approximate surface area is 79.0 Å². The Morgan fingerprint density at radius 2 is 2.23 bits per heavy atom. The van der Waals surface area contributed by atoms with Crippen LogP contribution in [0.4, 0.5) is 0 Å². The van der Waals surface area contributed by atoms with Crippen LogP contribution in [-0.4, -0.2) is 0 Å². The van der Waals surface area contributed by atoms with E-state index in [2.05, 4.69) is 18.2 Å². The van der Waals surface area contributed by atoms with E-state index in [9.17, 15) is 0 Å². The van der Waals surface area contributed by atoms with Crippen molar-refractivity contribution in [3.8, 4) is 0 Å². The fraction of sp³-hybridized carbons (Fsp3) is 0.500. The average molecular weight is 173 g/mol. The van der Waals surface area contributed by atoms with Crippen LogP contribution in [-0.2, 0) is 0 Å². The van der Waals surface area contributed by atoms with Crippen LogP contribution in [0, 0.1) is 11.8 Å². The molecule has 2 unspecified atom stereocenters. The fourth-order valence-electron chi connectivity index (χ4n) is 2.95. The normalized spacial score (nSPS) is 36.2. The Balaban J connectivity index is 1.98. The van der Waals surface area contributed by atoms with E-state index in [1.165, 1.54) is 31.3 Å². The van der Waals surface area contributed by atoms with Gasteiger partial charge in [0.05, 0.1) is 0 Å². The van der Waals surface area contributed by atoms with Gasteiger partial charge in [0, 0.05) is 11.6 Å². The highest BCUT2D eigenvalue weighted by Gasteiger charge is 2.30. The molecule has 0 spiro atoms. The first-order valence-corrected chi connectivity index (χ1v) is 5.22. The summed E-state index contributed by atoms with van der Waals surface area (Å²) in [5, 5.41) is 0. The van der Waals surface area contributed by atoms with Gasteiger partial charge in [-0.15, -0.1) is 0 Å². The average Bonchev–Trinajstić information content (AvgIpc) is 2.63. The predicted molar refractivity (Wildman–Crippen MR) is 53.9 cm³/mol. The summed E-state index contributed by atoms with van der Waals surface area (Å²) in [7, 11) is 0. The number of allylic oxidation sites excluding steroid dienone is 5. The molecule has 0 aromatic heterocycles. The Hall–Kier alpha value is -0.980. The van der Waals surface area contributed by atoms with Gasteiger partial charge in [-0.1, -0.05) is 17.7 Å². The maximum atomic E-state index is 5.80. The second-order valence-corrected chi connectivity index (χ2v) is 4.46. The second kappa shape index (κ2) is 2.50. The minimum atomic E-state index is 0.645. The molecule has 3 aliphatic carbocycles. The van der Waals surface area contributed by atoms with Crippen LogP contribution >= 0.6 is 0 Å². The first-order valence-electron chi connectivity index (χ1n) is 5.22. The topological polar surface area (TPSA) is 26.0 Å². The van der Waals surface area contributed by atoms with Gasteiger partial charge in [0.2, 0.25) is 0 Å². The molecule has 0 radical (unpaired) electrons. The number of nitrogens with two attached hydrogens (primary N) is 1. The summed E-state index contributed by atoms with van der Waals surface area (Å²) in [4.78, 5) is 0. The quantitative estimate of drug-likeness (QED) is 0.598. The van der Waals surface area contributed by atoms with Gasteiger partial charge in [0.1, 0.15) is 0 Å². The van der Waals surface area contributed by atoms with E-state index in [0.717, 1.165) is 11.6 Å². The number of fused-ring (bicyclic) bond motifs is 2. The van der Waals surface area contributed by atoms with Crippen LogP contribution < -0.4 is 5.73 Å². The molecule has 0 aliphatic heterocycles. The zero-order valence-corrected chi connectivity index (χ0v) is 7.79. The summed E-state index contributed by atoms with van der Waals surface area (Å²) in [6.45, 7) is 0. The summed E-state index contributed by atoms with van der Waals surface area (Å²) < 4.78 is 0. The molecule has 0 amide bonds. The molecule has 0 aromatic rings. The lowest BCUT2D eigenvalue weighted by molar-refractivity contribution is 0.502. The summed E-state index contributed by atoms with van der Waals surface area (Å²) in [6, 6.07) is 0. The van der Waals surface area contributed by atoms with E-state index >= 15 is 0 Å². The lowest BCUT2D eigenvalue weighted by atomic mass is 9.81. The van der Waals surface area contributed by atoms with Gasteiger partial charge in [-0.25, -0.2) is 0 Å². The third kappa shape index (κ3) is 1.06. The van der Waals surface area contributed by atoms with Gasteiger partial charge >= 0.3 is 0 Å². The van der Waals surface area contributed by atoms with Crippen molar-refractivity contribution in [1.29, 1.82) is 0 Å². The van der Waals surface area contributed by atoms with Crippen LogP contribution in [0.25, 0.3) is 0 Å². The molecule has 1 nitrogen and oxygen atoms in total. The maximum absolute atomic E-state index is 5.80. The molecular weight excluding hydrogens is 158 g/mol. The van der Waals surface area contributed by atoms with E-state index in [1.54, 1.807) is 5.57 Å². The first-order chi connectivity index (χ1) is 6.33. The van der Waals surface area contributed by atoms with E-state index in [1.807, 2.05) is 0 Å². The molecule has 1 fully saturated rings. The third-order valence-electron chi connectivity index (χ3n) is 3.59. The van der Waals surface area contributed by atoms with Gasteiger partial charge < -0.3 is 5.73 Å². The maximum Gasteiger partial charge on any atom is 0.0282 e. The van der Waals surface area contributed by atoms with Crippen LogP contribution in [0.15, 0.2) is 35.1 Å². The van der Waals surface area contributed by atoms with Crippen molar-refractivity contribution in [2.24, 2.45) is 17.6 Å². The van der Waals surface area contributed by atoms with Crippen molar-refractivity contribution in [3.63, 3.8) is 0 Å². The predicted octanol–water partition coefficient (Wildman–Crippen LogP) is 2.52. The highest BCUT2D eigenvalue weighted by atomic mass is 14.6. The standard InChI is InChI=1S/C12H15N/c13-12-6-10-4-8-2-1-3-9(8)5-11(10)7-12/h4,6-7,9,11H,1-3,5,13H2. The van der Waals surface area contributed by atoms with Crippen LogP contribution in [0.2, 0.25) is 0 Å². The molecule has 13 heavy (non-hydrogen) atoms. The summed E-state index contributed by atoms with van der Waals surface area (Å²) in [6.07, 6.45) is 12.2. The smallest absolute Gasteiger partial charge is 0.0282 e. The van der Waals surface area contributed by atoms with Gasteiger partial charge in [0.25, 0.3) is 0 Å². The summed E-state index contributed by atoms with van der Waals surface area (Å²) in [5.74, 6) is 1.52. The first kappa shape index (κ1) is 7.43. The molecule has 1 saturated carbocycles. The van der Waals surface area contributed by atoms with Crippen molar-refractivity contribution < 1.29 is 0 Å². The minimum Gasteiger partial charge on any atom is -0.399 e. The van der Waals surface area contributed by atoms with Crippen molar-refractivity contribution in [2.45, 2.75) is 25.7 Å². The van der Waals surface area contributed by atoms with Crippen molar-refractivity contribution in [3.05, 3.63) is 35.1 Å². The molecule has 0 saturated heterocycles. The number of hydrogen-bond acceptors (Lipinski definition) is 1.